The van der Waals surface area contributed by atoms with E-state index in [1.807, 2.05) is 6.08 Å². The summed E-state index contributed by atoms with van der Waals surface area (Å²) in [4.78, 5) is 28.0. The molecule has 14 nitrogen and oxygen atoms in total. The van der Waals surface area contributed by atoms with E-state index in [1.165, 1.54) is 4.90 Å². The van der Waals surface area contributed by atoms with Gasteiger partial charge in [-0.2, -0.15) is 0 Å². The average molecular weight is 658 g/mol. The molecular weight excluding hydrogens is 622 g/mol. The fraction of sp³-hybridized carbons (Fsp3) is 0.419. The third-order valence-corrected chi connectivity index (χ3v) is 8.44. The van der Waals surface area contributed by atoms with Crippen LogP contribution in [0.25, 0.3) is 0 Å². The van der Waals surface area contributed by atoms with Crippen LogP contribution < -0.4 is 10.2 Å². The number of nitrogens with one attached hydrogen (secondary N) is 1. The molecule has 15 heteroatoms. The van der Waals surface area contributed by atoms with E-state index in [0.717, 1.165) is 0 Å². The summed E-state index contributed by atoms with van der Waals surface area (Å²) in [5.74, 6) is -1.98. The summed E-state index contributed by atoms with van der Waals surface area (Å²) in [6.07, 6.45) is -2.38. The Morgan fingerprint density at radius 3 is 2.59 bits per heavy atom. The lowest BCUT2D eigenvalue weighted by atomic mass is 9.83. The fourth-order valence-corrected chi connectivity index (χ4v) is 5.74. The number of benzene rings is 2. The minimum atomic E-state index is -1.88. The van der Waals surface area contributed by atoms with Crippen molar-refractivity contribution in [1.82, 2.24) is 15.0 Å². The predicted octanol–water partition coefficient (Wildman–Crippen LogP) is 0.222. The van der Waals surface area contributed by atoms with Crippen LogP contribution in [0.3, 0.4) is 0 Å². The van der Waals surface area contributed by atoms with Gasteiger partial charge < -0.3 is 45.6 Å². The van der Waals surface area contributed by atoms with Gasteiger partial charge in [0.1, 0.15) is 18.3 Å². The minimum Gasteiger partial charge on any atom is -0.396 e. The number of amides is 2. The number of ether oxygens (including phenoxy) is 1. The number of halogens is 1. The van der Waals surface area contributed by atoms with Gasteiger partial charge in [0.2, 0.25) is 0 Å². The van der Waals surface area contributed by atoms with Gasteiger partial charge in [-0.15, -0.1) is 5.10 Å². The molecule has 0 radical (unpaired) electrons. The SMILES string of the molecule is C[C@H](/C=C/CCn1cc(CCO)nn1)[C@@]1(O)C(=O)N(Cc2ccc(NC(=O)[C@H]3O[C@@H](O)[C@H](O)[C@@H](O)[C@@H]3O)cc2)c2ccc(Cl)cc21. The predicted molar refractivity (Wildman–Crippen MR) is 164 cm³/mol. The van der Waals surface area contributed by atoms with Gasteiger partial charge in [-0.3, -0.25) is 14.3 Å². The molecule has 1 saturated heterocycles. The molecule has 7 atom stereocenters. The fourth-order valence-electron chi connectivity index (χ4n) is 5.57. The van der Waals surface area contributed by atoms with Crippen molar-refractivity contribution in [2.24, 2.45) is 5.92 Å². The van der Waals surface area contributed by atoms with Crippen LogP contribution in [0.5, 0.6) is 0 Å². The van der Waals surface area contributed by atoms with E-state index in [1.54, 1.807) is 66.3 Å². The van der Waals surface area contributed by atoms with E-state index >= 15 is 0 Å². The van der Waals surface area contributed by atoms with Crippen LogP contribution in [-0.2, 0) is 39.4 Å². The summed E-state index contributed by atoms with van der Waals surface area (Å²) in [5.41, 5.74) is 0.695. The lowest BCUT2D eigenvalue weighted by Crippen LogP contribution is -2.60. The number of anilines is 2. The standard InChI is InChI=1S/C31H36ClN5O9/c1-17(4-2-3-12-36-16-21(11-13-38)34-35-36)31(45)22-14-19(32)7-10-23(22)37(30(31)44)15-18-5-8-20(9-6-18)33-28(42)27-25(40)24(39)26(41)29(43)46-27/h2,4-10,14,16-17,24-27,29,38-41,43,45H,3,11-13,15H2,1H3,(H,33,42)/b4-2+/t17-,24+,25+,26-,27+,29-,31+/m1/s1. The molecule has 246 valence electrons. The van der Waals surface area contributed by atoms with Crippen molar-refractivity contribution in [2.75, 3.05) is 16.8 Å². The normalized spacial score (nSPS) is 26.8. The number of hydrogen-bond acceptors (Lipinski definition) is 11. The highest BCUT2D eigenvalue weighted by molar-refractivity contribution is 6.31. The highest BCUT2D eigenvalue weighted by atomic mass is 35.5. The molecule has 2 amide bonds. The Morgan fingerprint density at radius 2 is 1.87 bits per heavy atom. The van der Waals surface area contributed by atoms with Gasteiger partial charge in [0, 0.05) is 48.0 Å². The Bertz CT molecular complexity index is 1580. The molecule has 0 aliphatic carbocycles. The van der Waals surface area contributed by atoms with Gasteiger partial charge in [-0.1, -0.05) is 48.0 Å². The van der Waals surface area contributed by atoms with E-state index in [-0.39, 0.29) is 13.2 Å². The molecule has 7 N–H and O–H groups in total. The van der Waals surface area contributed by atoms with Crippen molar-refractivity contribution >= 4 is 34.8 Å². The molecule has 5 rings (SSSR count). The van der Waals surface area contributed by atoms with Crippen LogP contribution in [0.2, 0.25) is 5.02 Å². The van der Waals surface area contributed by atoms with Crippen LogP contribution >= 0.6 is 11.6 Å². The molecule has 0 saturated carbocycles. The summed E-state index contributed by atoms with van der Waals surface area (Å²) in [6.45, 7) is 2.37. The topological polar surface area (TPSA) is 211 Å². The molecule has 0 bridgehead atoms. The number of aliphatic hydroxyl groups excluding tert-OH is 5. The molecule has 0 unspecified atom stereocenters. The lowest BCUT2D eigenvalue weighted by Gasteiger charge is -2.37. The van der Waals surface area contributed by atoms with Gasteiger partial charge in [-0.25, -0.2) is 0 Å². The quantitative estimate of drug-likeness (QED) is 0.139. The number of allylic oxidation sites excluding steroid dienone is 1. The van der Waals surface area contributed by atoms with E-state index in [9.17, 15) is 35.1 Å². The first kappa shape index (κ1) is 33.6. The average Bonchev–Trinajstić information content (AvgIpc) is 3.57. The summed E-state index contributed by atoms with van der Waals surface area (Å²) in [7, 11) is 0. The van der Waals surface area contributed by atoms with Crippen molar-refractivity contribution < 1.29 is 45.0 Å². The summed E-state index contributed by atoms with van der Waals surface area (Å²) in [5, 5.41) is 71.2. The van der Waals surface area contributed by atoms with Gasteiger partial charge in [0.05, 0.1) is 17.9 Å². The number of rotatable bonds is 11. The zero-order valence-corrected chi connectivity index (χ0v) is 25.6. The molecule has 2 aliphatic heterocycles. The van der Waals surface area contributed by atoms with Crippen LogP contribution in [0.4, 0.5) is 11.4 Å². The highest BCUT2D eigenvalue weighted by Crippen LogP contribution is 2.46. The number of nitrogens with zero attached hydrogens (tertiary/aromatic N) is 4. The number of hydrogen-bond donors (Lipinski definition) is 7. The summed E-state index contributed by atoms with van der Waals surface area (Å²) < 4.78 is 6.63. The van der Waals surface area contributed by atoms with Crippen molar-refractivity contribution in [3.8, 4) is 0 Å². The van der Waals surface area contributed by atoms with Crippen LogP contribution in [0.15, 0.2) is 60.8 Å². The minimum absolute atomic E-state index is 0.0112. The summed E-state index contributed by atoms with van der Waals surface area (Å²) in [6, 6.07) is 11.4. The molecule has 3 heterocycles. The number of aromatic nitrogens is 3. The smallest absolute Gasteiger partial charge is 0.264 e. The first-order valence-electron chi connectivity index (χ1n) is 14.7. The number of aryl methyl sites for hydroxylation is 1. The first-order valence-corrected chi connectivity index (χ1v) is 15.1. The van der Waals surface area contributed by atoms with E-state index in [0.29, 0.717) is 52.6 Å². The Kier molecular flexibility index (Phi) is 10.2. The Hall–Kier alpha value is -3.73. The zero-order valence-electron chi connectivity index (χ0n) is 24.8. The molecule has 3 aromatic rings. The third kappa shape index (κ3) is 6.70. The van der Waals surface area contributed by atoms with Crippen LogP contribution in [0.1, 0.15) is 30.2 Å². The second kappa shape index (κ2) is 13.9. The second-order valence-corrected chi connectivity index (χ2v) is 11.8. The van der Waals surface area contributed by atoms with E-state index in [2.05, 4.69) is 15.6 Å². The van der Waals surface area contributed by atoms with Crippen LogP contribution in [0, 0.1) is 5.92 Å². The Labute approximate surface area is 269 Å². The van der Waals surface area contributed by atoms with Gasteiger partial charge in [-0.05, 0) is 42.3 Å². The monoisotopic (exact) mass is 657 g/mol. The molecule has 2 aromatic carbocycles. The van der Waals surface area contributed by atoms with Gasteiger partial charge >= 0.3 is 0 Å². The van der Waals surface area contributed by atoms with Gasteiger partial charge in [0.15, 0.2) is 18.0 Å². The maximum atomic E-state index is 13.9. The highest BCUT2D eigenvalue weighted by Gasteiger charge is 2.52. The van der Waals surface area contributed by atoms with Crippen molar-refractivity contribution in [3.63, 3.8) is 0 Å². The van der Waals surface area contributed by atoms with Crippen molar-refractivity contribution in [3.05, 3.63) is 82.7 Å². The molecule has 1 aromatic heterocycles. The van der Waals surface area contributed by atoms with Crippen molar-refractivity contribution in [2.45, 2.75) is 69.2 Å². The molecular formula is C31H36ClN5O9. The number of carbonyl (C=O) groups excluding carboxylic acids is 2. The van der Waals surface area contributed by atoms with E-state index in [4.69, 9.17) is 21.4 Å². The molecule has 2 aliphatic rings. The molecule has 0 spiro atoms. The van der Waals surface area contributed by atoms with Crippen LogP contribution in [-0.4, -0.2) is 94.8 Å². The number of fused-ring (bicyclic) bond motifs is 1. The lowest BCUT2D eigenvalue weighted by molar-refractivity contribution is -0.274. The molecule has 1 fully saturated rings. The second-order valence-electron chi connectivity index (χ2n) is 11.4. The maximum absolute atomic E-state index is 13.9. The first-order chi connectivity index (χ1) is 21.9. The van der Waals surface area contributed by atoms with Crippen molar-refractivity contribution in [1.29, 1.82) is 0 Å². The zero-order chi connectivity index (χ0) is 33.2. The molecule has 46 heavy (non-hydrogen) atoms. The maximum Gasteiger partial charge on any atom is 0.264 e. The largest absolute Gasteiger partial charge is 0.396 e. The van der Waals surface area contributed by atoms with Gasteiger partial charge in [0.25, 0.3) is 11.8 Å². The summed E-state index contributed by atoms with van der Waals surface area (Å²) >= 11 is 6.29. The van der Waals surface area contributed by atoms with E-state index < -0.39 is 54.0 Å². The number of aliphatic hydroxyl groups is 6. The Balaban J connectivity index is 1.26. The Morgan fingerprint density at radius 1 is 1.13 bits per heavy atom. The number of carbonyl (C=O) groups is 2. The third-order valence-electron chi connectivity index (χ3n) is 8.20.